The Bertz CT molecular complexity index is 639. The summed E-state index contributed by atoms with van der Waals surface area (Å²) in [6.07, 6.45) is 3.71. The largest absolute Gasteiger partial charge is 0.494 e. The molecule has 0 aliphatic carbocycles. The second kappa shape index (κ2) is 10.0. The van der Waals surface area contributed by atoms with Gasteiger partial charge in [0.15, 0.2) is 6.61 Å². The van der Waals surface area contributed by atoms with Crippen molar-refractivity contribution in [1.29, 1.82) is 0 Å². The zero-order chi connectivity index (χ0) is 17.0. The molecule has 0 unspecified atom stereocenters. The highest BCUT2D eigenvalue weighted by atomic mass is 16.5. The number of nitrogens with zero attached hydrogens (tertiary/aromatic N) is 1. The fourth-order valence-corrected chi connectivity index (χ4v) is 1.87. The Hall–Kier alpha value is -2.82. The van der Waals surface area contributed by atoms with Gasteiger partial charge < -0.3 is 9.47 Å². The highest BCUT2D eigenvalue weighted by Gasteiger charge is 2.02. The van der Waals surface area contributed by atoms with Gasteiger partial charge in [0.2, 0.25) is 0 Å². The second-order valence-electron chi connectivity index (χ2n) is 5.17. The molecule has 0 radical (unpaired) electrons. The van der Waals surface area contributed by atoms with E-state index >= 15 is 0 Å². The van der Waals surface area contributed by atoms with E-state index in [-0.39, 0.29) is 12.5 Å². The minimum Gasteiger partial charge on any atom is -0.494 e. The van der Waals surface area contributed by atoms with Crippen LogP contribution in [0.1, 0.15) is 25.3 Å². The van der Waals surface area contributed by atoms with E-state index in [0.717, 1.165) is 24.2 Å². The summed E-state index contributed by atoms with van der Waals surface area (Å²) in [5, 5.41) is 3.89. The molecular formula is C19H22N2O3. The number of nitrogens with one attached hydrogen (secondary N) is 1. The quantitative estimate of drug-likeness (QED) is 0.436. The number of hydrogen-bond acceptors (Lipinski definition) is 4. The lowest BCUT2D eigenvalue weighted by Gasteiger charge is -2.07. The van der Waals surface area contributed by atoms with Gasteiger partial charge >= 0.3 is 0 Å². The maximum atomic E-state index is 11.7. The van der Waals surface area contributed by atoms with Gasteiger partial charge in [-0.05, 0) is 36.2 Å². The van der Waals surface area contributed by atoms with Crippen LogP contribution in [0, 0.1) is 0 Å². The molecule has 0 atom stereocenters. The van der Waals surface area contributed by atoms with Crippen molar-refractivity contribution >= 4 is 12.1 Å². The smallest absolute Gasteiger partial charge is 0.277 e. The molecule has 0 aromatic heterocycles. The molecule has 0 spiro atoms. The Balaban J connectivity index is 1.70. The van der Waals surface area contributed by atoms with Crippen LogP contribution < -0.4 is 14.9 Å². The first-order valence-electron chi connectivity index (χ1n) is 8.00. The first-order chi connectivity index (χ1) is 11.8. The van der Waals surface area contributed by atoms with Crippen LogP contribution in [0.2, 0.25) is 0 Å². The van der Waals surface area contributed by atoms with E-state index < -0.39 is 0 Å². The molecular weight excluding hydrogens is 304 g/mol. The number of carbonyl (C=O) groups is 1. The molecule has 1 N–H and O–H groups in total. The van der Waals surface area contributed by atoms with Gasteiger partial charge in [-0.25, -0.2) is 5.43 Å². The Labute approximate surface area is 142 Å². The van der Waals surface area contributed by atoms with E-state index in [1.165, 1.54) is 0 Å². The van der Waals surface area contributed by atoms with E-state index in [1.807, 2.05) is 42.5 Å². The third-order valence-corrected chi connectivity index (χ3v) is 3.16. The first kappa shape index (κ1) is 17.5. The van der Waals surface area contributed by atoms with Crippen molar-refractivity contribution in [3.63, 3.8) is 0 Å². The molecule has 126 valence electrons. The molecule has 5 heteroatoms. The molecule has 2 aromatic carbocycles. The SMILES string of the molecule is CCCCOc1ccc(OCC(=O)N/N=C\c2ccccc2)cc1. The van der Waals surface area contributed by atoms with E-state index in [0.29, 0.717) is 12.4 Å². The molecule has 0 saturated heterocycles. The zero-order valence-electron chi connectivity index (χ0n) is 13.8. The lowest BCUT2D eigenvalue weighted by molar-refractivity contribution is -0.123. The van der Waals surface area contributed by atoms with Crippen LogP contribution in [-0.2, 0) is 4.79 Å². The highest BCUT2D eigenvalue weighted by Crippen LogP contribution is 2.17. The lowest BCUT2D eigenvalue weighted by Crippen LogP contribution is -2.24. The number of ether oxygens (including phenoxy) is 2. The van der Waals surface area contributed by atoms with Crippen LogP contribution in [0.4, 0.5) is 0 Å². The maximum absolute atomic E-state index is 11.7. The average Bonchev–Trinajstić information content (AvgIpc) is 2.62. The van der Waals surface area contributed by atoms with Crippen molar-refractivity contribution < 1.29 is 14.3 Å². The third-order valence-electron chi connectivity index (χ3n) is 3.16. The summed E-state index contributed by atoms with van der Waals surface area (Å²) in [5.41, 5.74) is 3.34. The fraction of sp³-hybridized carbons (Fsp3) is 0.263. The number of hydrazone groups is 1. The van der Waals surface area contributed by atoms with Gasteiger partial charge in [0, 0.05) is 0 Å². The van der Waals surface area contributed by atoms with Gasteiger partial charge in [-0.1, -0.05) is 43.7 Å². The fourth-order valence-electron chi connectivity index (χ4n) is 1.87. The zero-order valence-corrected chi connectivity index (χ0v) is 13.8. The molecule has 0 aliphatic rings. The van der Waals surface area contributed by atoms with Gasteiger partial charge in [0.05, 0.1) is 12.8 Å². The van der Waals surface area contributed by atoms with Crippen molar-refractivity contribution in [3.8, 4) is 11.5 Å². The van der Waals surface area contributed by atoms with Gasteiger partial charge in [-0.15, -0.1) is 0 Å². The predicted molar refractivity (Wildman–Crippen MR) is 94.5 cm³/mol. The van der Waals surface area contributed by atoms with E-state index in [9.17, 15) is 4.79 Å². The summed E-state index contributed by atoms with van der Waals surface area (Å²) in [6, 6.07) is 16.7. The van der Waals surface area contributed by atoms with E-state index in [4.69, 9.17) is 9.47 Å². The van der Waals surface area contributed by atoms with Gasteiger partial charge in [-0.3, -0.25) is 4.79 Å². The van der Waals surface area contributed by atoms with Gasteiger partial charge in [-0.2, -0.15) is 5.10 Å². The van der Waals surface area contributed by atoms with Crippen LogP contribution in [0.25, 0.3) is 0 Å². The number of benzene rings is 2. The molecule has 1 amide bonds. The summed E-state index contributed by atoms with van der Waals surface area (Å²) in [4.78, 5) is 11.7. The van der Waals surface area contributed by atoms with Crippen LogP contribution in [-0.4, -0.2) is 25.3 Å². The molecule has 0 fully saturated rings. The normalized spacial score (nSPS) is 10.5. The van der Waals surface area contributed by atoms with Crippen molar-refractivity contribution in [2.75, 3.05) is 13.2 Å². The van der Waals surface area contributed by atoms with Crippen molar-refractivity contribution in [3.05, 3.63) is 60.2 Å². The highest BCUT2D eigenvalue weighted by molar-refractivity contribution is 5.82. The second-order valence-corrected chi connectivity index (χ2v) is 5.17. The van der Waals surface area contributed by atoms with Crippen molar-refractivity contribution in [1.82, 2.24) is 5.43 Å². The average molecular weight is 326 g/mol. The summed E-state index contributed by atoms with van der Waals surface area (Å²) in [7, 11) is 0. The summed E-state index contributed by atoms with van der Waals surface area (Å²) in [5.74, 6) is 1.10. The maximum Gasteiger partial charge on any atom is 0.277 e. The monoisotopic (exact) mass is 326 g/mol. The molecule has 2 aromatic rings. The van der Waals surface area contributed by atoms with Gasteiger partial charge in [0.25, 0.3) is 5.91 Å². The number of unbranched alkanes of at least 4 members (excludes halogenated alkanes) is 1. The summed E-state index contributed by atoms with van der Waals surface area (Å²) in [6.45, 7) is 2.73. The Kier molecular flexibility index (Phi) is 7.34. The molecule has 0 aliphatic heterocycles. The van der Waals surface area contributed by atoms with E-state index in [1.54, 1.807) is 18.3 Å². The molecule has 0 bridgehead atoms. The first-order valence-corrected chi connectivity index (χ1v) is 8.00. The molecule has 0 heterocycles. The molecule has 24 heavy (non-hydrogen) atoms. The van der Waals surface area contributed by atoms with E-state index in [2.05, 4.69) is 17.5 Å². The minimum atomic E-state index is -0.314. The topological polar surface area (TPSA) is 59.9 Å². The van der Waals surface area contributed by atoms with Crippen LogP contribution in [0.5, 0.6) is 11.5 Å². The Morgan fingerprint density at radius 2 is 1.71 bits per heavy atom. The van der Waals surface area contributed by atoms with Crippen LogP contribution in [0.3, 0.4) is 0 Å². The standard InChI is InChI=1S/C19H22N2O3/c1-2-3-13-23-17-9-11-18(12-10-17)24-15-19(22)21-20-14-16-7-5-4-6-8-16/h4-12,14H,2-3,13,15H2,1H3,(H,21,22)/b20-14-. The number of rotatable bonds is 9. The number of hydrogen-bond donors (Lipinski definition) is 1. The molecule has 0 saturated carbocycles. The lowest BCUT2D eigenvalue weighted by atomic mass is 10.2. The predicted octanol–water partition coefficient (Wildman–Crippen LogP) is 3.39. The van der Waals surface area contributed by atoms with Crippen LogP contribution in [0.15, 0.2) is 59.7 Å². The van der Waals surface area contributed by atoms with Crippen molar-refractivity contribution in [2.45, 2.75) is 19.8 Å². The molecule has 5 nitrogen and oxygen atoms in total. The van der Waals surface area contributed by atoms with Crippen LogP contribution >= 0.6 is 0 Å². The number of amides is 1. The Morgan fingerprint density at radius 3 is 2.38 bits per heavy atom. The third kappa shape index (κ3) is 6.52. The summed E-state index contributed by atoms with van der Waals surface area (Å²) >= 11 is 0. The Morgan fingerprint density at radius 1 is 1.04 bits per heavy atom. The van der Waals surface area contributed by atoms with Crippen molar-refractivity contribution in [2.24, 2.45) is 5.10 Å². The number of carbonyl (C=O) groups excluding carboxylic acids is 1. The molecule has 2 rings (SSSR count). The summed E-state index contributed by atoms with van der Waals surface area (Å²) < 4.78 is 11.0. The minimum absolute atomic E-state index is 0.0951. The van der Waals surface area contributed by atoms with Gasteiger partial charge in [0.1, 0.15) is 11.5 Å².